The van der Waals surface area contributed by atoms with Gasteiger partial charge < -0.3 is 0 Å². The fraction of sp³-hybridized carbons (Fsp3) is 0.381. The van der Waals surface area contributed by atoms with Crippen LogP contribution in [0.2, 0.25) is 13.1 Å². The molecule has 0 aromatic heterocycles. The second-order valence-electron chi connectivity index (χ2n) is 6.88. The molecular formula is C21H25HfSi-. The summed E-state index contributed by atoms with van der Waals surface area (Å²) in [5.41, 5.74) is 11.2. The van der Waals surface area contributed by atoms with Gasteiger partial charge in [-0.25, -0.2) is 0 Å². The zero-order valence-electron chi connectivity index (χ0n) is 14.8. The van der Waals surface area contributed by atoms with Crippen LogP contribution in [-0.2, 0) is 25.8 Å². The van der Waals surface area contributed by atoms with E-state index in [0.29, 0.717) is 11.8 Å². The Morgan fingerprint density at radius 3 is 2.57 bits per heavy atom. The normalized spacial score (nSPS) is 25.8. The Kier molecular flexibility index (Phi) is 6.13. The van der Waals surface area contributed by atoms with Crippen LogP contribution in [0, 0.1) is 17.9 Å². The first-order valence-corrected chi connectivity index (χ1v) is 10.8. The van der Waals surface area contributed by atoms with Crippen LogP contribution >= 0.6 is 0 Å². The van der Waals surface area contributed by atoms with Crippen molar-refractivity contribution in [3.8, 4) is 0 Å². The van der Waals surface area contributed by atoms with Crippen molar-refractivity contribution in [3.63, 3.8) is 0 Å². The van der Waals surface area contributed by atoms with Crippen molar-refractivity contribution in [2.75, 3.05) is 0 Å². The van der Waals surface area contributed by atoms with Crippen LogP contribution < -0.4 is 0 Å². The molecule has 0 N–H and O–H groups in total. The van der Waals surface area contributed by atoms with Crippen molar-refractivity contribution < 1.29 is 25.8 Å². The Balaban J connectivity index is 0.00000192. The first-order valence-electron chi connectivity index (χ1n) is 8.25. The molecule has 0 aliphatic heterocycles. The van der Waals surface area contributed by atoms with Crippen molar-refractivity contribution in [2.24, 2.45) is 11.8 Å². The van der Waals surface area contributed by atoms with Gasteiger partial charge in [0, 0.05) is 25.8 Å². The summed E-state index contributed by atoms with van der Waals surface area (Å²) in [4.78, 5) is 0. The summed E-state index contributed by atoms with van der Waals surface area (Å²) in [5.74, 6) is 1.06. The molecule has 23 heavy (non-hydrogen) atoms. The third-order valence-electron chi connectivity index (χ3n) is 4.74. The average molecular weight is 484 g/mol. The van der Waals surface area contributed by atoms with E-state index in [4.69, 9.17) is 0 Å². The minimum absolute atomic E-state index is 0. The molecule has 0 aromatic rings. The van der Waals surface area contributed by atoms with Crippen LogP contribution in [0.1, 0.15) is 27.2 Å². The second-order valence-corrected chi connectivity index (χ2v) is 9.37. The van der Waals surface area contributed by atoms with Gasteiger partial charge in [-0.3, -0.25) is 0 Å². The molecule has 0 radical (unpaired) electrons. The van der Waals surface area contributed by atoms with Crippen LogP contribution in [-0.4, -0.2) is 14.1 Å². The maximum Gasteiger partial charge on any atom is 0 e. The fourth-order valence-electron chi connectivity index (χ4n) is 3.85. The average Bonchev–Trinajstić information content (AvgIpc) is 2.85. The van der Waals surface area contributed by atoms with E-state index in [-0.39, 0.29) is 34.3 Å². The summed E-state index contributed by atoms with van der Waals surface area (Å²) in [7, 11) is -0.366. The van der Waals surface area contributed by atoms with E-state index in [1.165, 1.54) is 33.4 Å². The number of hydrogen-bond donors (Lipinski definition) is 0. The summed E-state index contributed by atoms with van der Waals surface area (Å²) in [5, 5.41) is 0. The van der Waals surface area contributed by atoms with E-state index in [2.05, 4.69) is 76.0 Å². The van der Waals surface area contributed by atoms with E-state index in [1.54, 1.807) is 0 Å². The second kappa shape index (κ2) is 7.52. The number of rotatable bonds is 2. The summed E-state index contributed by atoms with van der Waals surface area (Å²) >= 11 is 0. The summed E-state index contributed by atoms with van der Waals surface area (Å²) in [6.07, 6.45) is 16.2. The molecule has 0 amide bonds. The largest absolute Gasteiger partial charge is 0.154 e. The zero-order chi connectivity index (χ0) is 15.9. The summed E-state index contributed by atoms with van der Waals surface area (Å²) in [6.45, 7) is 11.6. The number of allylic oxidation sites excluding steroid dienone is 12. The number of fused-ring (bicyclic) bond motifs is 1. The molecule has 0 saturated heterocycles. The smallest absolute Gasteiger partial charge is 0 e. The van der Waals surface area contributed by atoms with E-state index in [9.17, 15) is 0 Å². The van der Waals surface area contributed by atoms with Crippen molar-refractivity contribution in [1.29, 1.82) is 0 Å². The van der Waals surface area contributed by atoms with E-state index >= 15 is 0 Å². The molecule has 3 aliphatic carbocycles. The van der Waals surface area contributed by atoms with Crippen LogP contribution in [0.15, 0.2) is 63.8 Å². The van der Waals surface area contributed by atoms with Gasteiger partial charge in [0.1, 0.15) is 0 Å². The molecule has 2 unspecified atom stereocenters. The van der Waals surface area contributed by atoms with E-state index in [0.717, 1.165) is 6.42 Å². The van der Waals surface area contributed by atoms with Crippen LogP contribution in [0.3, 0.4) is 0 Å². The Bertz CT molecular complexity index is 719. The van der Waals surface area contributed by atoms with Crippen molar-refractivity contribution >= 4 is 14.1 Å². The van der Waals surface area contributed by atoms with Gasteiger partial charge in [0.05, 0.1) is 0 Å². The molecule has 0 spiro atoms. The molecule has 0 bridgehead atoms. The zero-order valence-corrected chi connectivity index (χ0v) is 19.4. The van der Waals surface area contributed by atoms with Gasteiger partial charge >= 0.3 is 0 Å². The molecule has 118 valence electrons. The quantitative estimate of drug-likeness (QED) is 0.374. The monoisotopic (exact) mass is 485 g/mol. The topological polar surface area (TPSA) is 0 Å². The molecule has 2 heteroatoms. The molecule has 0 heterocycles. The van der Waals surface area contributed by atoms with Gasteiger partial charge in [-0.2, -0.15) is 5.57 Å². The SMILES string of the molecule is CC1=[C-]C2=CC=CCC(C=[Si](C)C)C2=C1C1=C(C)C=CC1C.[Hf]. The van der Waals surface area contributed by atoms with Gasteiger partial charge in [0.2, 0.25) is 0 Å². The standard InChI is InChI=1S/C21H25Si.Hf/c1-14-10-11-15(2)19(14)20-16(3)12-17-8-6-7-9-18(21(17)20)13-22(4)5;/h6-8,10-11,13-14,18H,9H2,1-5H3;/q-1;. The third kappa shape index (κ3) is 3.58. The molecule has 0 aromatic carbocycles. The maximum atomic E-state index is 3.65. The molecule has 0 fully saturated rings. The van der Waals surface area contributed by atoms with Crippen LogP contribution in [0.25, 0.3) is 0 Å². The van der Waals surface area contributed by atoms with Gasteiger partial charge in [-0.15, -0.1) is 40.6 Å². The molecule has 3 aliphatic rings. The molecule has 2 atom stereocenters. The Morgan fingerprint density at radius 1 is 1.22 bits per heavy atom. The van der Waals surface area contributed by atoms with Crippen molar-refractivity contribution in [1.82, 2.24) is 0 Å². The van der Waals surface area contributed by atoms with Crippen LogP contribution in [0.4, 0.5) is 0 Å². The predicted octanol–water partition coefficient (Wildman–Crippen LogP) is 5.21. The predicted molar refractivity (Wildman–Crippen MR) is 99.3 cm³/mol. The maximum absolute atomic E-state index is 3.65. The molecule has 0 nitrogen and oxygen atoms in total. The Hall–Kier alpha value is -0.603. The Morgan fingerprint density at radius 2 is 1.96 bits per heavy atom. The molecular weight excluding hydrogens is 459 g/mol. The molecule has 3 rings (SSSR count). The van der Waals surface area contributed by atoms with E-state index in [1.807, 2.05) is 0 Å². The summed E-state index contributed by atoms with van der Waals surface area (Å²) < 4.78 is 0. The first-order chi connectivity index (χ1) is 10.5. The third-order valence-corrected chi connectivity index (χ3v) is 5.80. The minimum atomic E-state index is -0.366. The van der Waals surface area contributed by atoms with Gasteiger partial charge in [-0.05, 0) is 33.6 Å². The number of hydrogen-bond acceptors (Lipinski definition) is 0. The first kappa shape index (κ1) is 18.7. The van der Waals surface area contributed by atoms with Crippen LogP contribution in [0.5, 0.6) is 0 Å². The van der Waals surface area contributed by atoms with Crippen molar-refractivity contribution in [3.05, 3.63) is 69.9 Å². The fourth-order valence-corrected chi connectivity index (χ4v) is 4.96. The van der Waals surface area contributed by atoms with Gasteiger partial charge in [-0.1, -0.05) is 56.3 Å². The Labute approximate surface area is 161 Å². The minimum Gasteiger partial charge on any atom is -0.154 e. The summed E-state index contributed by atoms with van der Waals surface area (Å²) in [6, 6.07) is 0. The van der Waals surface area contributed by atoms with Crippen molar-refractivity contribution in [2.45, 2.75) is 40.3 Å². The molecule has 0 saturated carbocycles. The van der Waals surface area contributed by atoms with Gasteiger partial charge in [0.25, 0.3) is 0 Å². The van der Waals surface area contributed by atoms with Gasteiger partial charge in [0.15, 0.2) is 0 Å². The van der Waals surface area contributed by atoms with E-state index < -0.39 is 0 Å².